The number of aromatic hydroxyl groups is 1. The predicted octanol–water partition coefficient (Wildman–Crippen LogP) is 3.65. The summed E-state index contributed by atoms with van der Waals surface area (Å²) in [6.45, 7) is 0. The monoisotopic (exact) mass is 325 g/mol. The molecule has 0 atom stereocenters. The number of benzene rings is 2. The zero-order valence-electron chi connectivity index (χ0n) is 10.4. The normalized spacial score (nSPS) is 10.2. The number of hydrogen-bond acceptors (Lipinski definition) is 3. The molecule has 7 heteroatoms. The Bertz CT molecular complexity index is 731. The van der Waals surface area contributed by atoms with Crippen LogP contribution in [-0.2, 0) is 0 Å². The standard InChI is InChI=1S/C14H9Cl2NO4/c15-11-4-2-8(18)6-9(11)13(19)17-7-1-3-12(16)10(5-7)14(20)21/h1-6,18H,(H,17,19)(H,20,21). The smallest absolute Gasteiger partial charge is 0.337 e. The lowest BCUT2D eigenvalue weighted by Gasteiger charge is -2.08. The molecular formula is C14H9Cl2NO4. The SMILES string of the molecule is O=C(O)c1cc(NC(=O)c2cc(O)ccc2Cl)ccc1Cl. The zero-order valence-corrected chi connectivity index (χ0v) is 11.9. The van der Waals surface area contributed by atoms with Gasteiger partial charge in [0.1, 0.15) is 5.75 Å². The quantitative estimate of drug-likeness (QED) is 0.803. The fourth-order valence-electron chi connectivity index (χ4n) is 1.65. The minimum Gasteiger partial charge on any atom is -0.508 e. The topological polar surface area (TPSA) is 86.6 Å². The second-order valence-corrected chi connectivity index (χ2v) is 4.93. The van der Waals surface area contributed by atoms with Crippen LogP contribution in [0.3, 0.4) is 0 Å². The highest BCUT2D eigenvalue weighted by Gasteiger charge is 2.14. The summed E-state index contributed by atoms with van der Waals surface area (Å²) in [6.07, 6.45) is 0. The van der Waals surface area contributed by atoms with Crippen LogP contribution < -0.4 is 5.32 Å². The van der Waals surface area contributed by atoms with E-state index in [1.54, 1.807) is 0 Å². The van der Waals surface area contributed by atoms with Crippen LogP contribution in [0.1, 0.15) is 20.7 Å². The van der Waals surface area contributed by atoms with Crippen molar-refractivity contribution in [1.82, 2.24) is 0 Å². The van der Waals surface area contributed by atoms with Gasteiger partial charge in [-0.2, -0.15) is 0 Å². The van der Waals surface area contributed by atoms with E-state index in [-0.39, 0.29) is 32.6 Å². The molecule has 0 aromatic heterocycles. The summed E-state index contributed by atoms with van der Waals surface area (Å²) in [5.74, 6) is -1.88. The van der Waals surface area contributed by atoms with Gasteiger partial charge in [-0.15, -0.1) is 0 Å². The van der Waals surface area contributed by atoms with Crippen molar-refractivity contribution < 1.29 is 19.8 Å². The van der Waals surface area contributed by atoms with Crippen LogP contribution in [0.2, 0.25) is 10.0 Å². The molecule has 0 spiro atoms. The molecule has 0 saturated carbocycles. The van der Waals surface area contributed by atoms with E-state index >= 15 is 0 Å². The number of carbonyl (C=O) groups is 2. The summed E-state index contributed by atoms with van der Waals surface area (Å²) in [4.78, 5) is 23.0. The molecule has 1 amide bonds. The summed E-state index contributed by atoms with van der Waals surface area (Å²) in [5.41, 5.74) is 0.196. The Morgan fingerprint density at radius 2 is 1.57 bits per heavy atom. The molecule has 0 bridgehead atoms. The maximum Gasteiger partial charge on any atom is 0.337 e. The number of carbonyl (C=O) groups excluding carboxylic acids is 1. The van der Waals surface area contributed by atoms with E-state index in [0.717, 1.165) is 0 Å². The van der Waals surface area contributed by atoms with Crippen LogP contribution >= 0.6 is 23.2 Å². The summed E-state index contributed by atoms with van der Waals surface area (Å²) in [6, 6.07) is 8.01. The number of aromatic carboxylic acids is 1. The Kier molecular flexibility index (Phi) is 4.35. The first-order valence-corrected chi connectivity index (χ1v) is 6.47. The largest absolute Gasteiger partial charge is 0.508 e. The minimum atomic E-state index is -1.20. The Hall–Kier alpha value is -2.24. The van der Waals surface area contributed by atoms with E-state index in [0.29, 0.717) is 0 Å². The number of nitrogens with one attached hydrogen (secondary N) is 1. The summed E-state index contributed by atoms with van der Waals surface area (Å²) in [7, 11) is 0. The molecule has 0 aliphatic rings. The second-order valence-electron chi connectivity index (χ2n) is 4.12. The third-order valence-corrected chi connectivity index (χ3v) is 3.31. The molecule has 0 fully saturated rings. The summed E-state index contributed by atoms with van der Waals surface area (Å²) < 4.78 is 0. The van der Waals surface area contributed by atoms with Crippen LogP contribution in [-0.4, -0.2) is 22.1 Å². The van der Waals surface area contributed by atoms with Gasteiger partial charge in [0.2, 0.25) is 0 Å². The molecule has 0 aliphatic carbocycles. The van der Waals surface area contributed by atoms with Gasteiger partial charge in [-0.05, 0) is 36.4 Å². The molecule has 2 rings (SSSR count). The number of halogens is 2. The van der Waals surface area contributed by atoms with Crippen molar-refractivity contribution in [3.8, 4) is 5.75 Å². The summed E-state index contributed by atoms with van der Waals surface area (Å²) in [5, 5.41) is 21.1. The molecule has 3 N–H and O–H groups in total. The van der Waals surface area contributed by atoms with Crippen LogP contribution in [0, 0.1) is 0 Å². The van der Waals surface area contributed by atoms with Crippen molar-refractivity contribution in [2.45, 2.75) is 0 Å². The first kappa shape index (κ1) is 15.2. The molecule has 0 unspecified atom stereocenters. The molecular weight excluding hydrogens is 317 g/mol. The number of carboxylic acids is 1. The number of phenols is 1. The van der Waals surface area contributed by atoms with E-state index in [2.05, 4.69) is 5.32 Å². The lowest BCUT2D eigenvalue weighted by atomic mass is 10.1. The fourth-order valence-corrected chi connectivity index (χ4v) is 2.05. The molecule has 21 heavy (non-hydrogen) atoms. The van der Waals surface area contributed by atoms with Gasteiger partial charge in [0, 0.05) is 5.69 Å². The van der Waals surface area contributed by atoms with Gasteiger partial charge in [0.15, 0.2) is 0 Å². The molecule has 0 saturated heterocycles. The van der Waals surface area contributed by atoms with E-state index < -0.39 is 11.9 Å². The van der Waals surface area contributed by atoms with Gasteiger partial charge in [-0.1, -0.05) is 23.2 Å². The maximum atomic E-state index is 12.1. The van der Waals surface area contributed by atoms with E-state index in [4.69, 9.17) is 28.3 Å². The lowest BCUT2D eigenvalue weighted by molar-refractivity contribution is 0.0696. The number of amides is 1. The zero-order chi connectivity index (χ0) is 15.6. The number of anilines is 1. The maximum absolute atomic E-state index is 12.1. The van der Waals surface area contributed by atoms with Gasteiger partial charge in [-0.3, -0.25) is 4.79 Å². The van der Waals surface area contributed by atoms with Crippen molar-refractivity contribution in [1.29, 1.82) is 0 Å². The van der Waals surface area contributed by atoms with Crippen LogP contribution in [0.4, 0.5) is 5.69 Å². The first-order chi connectivity index (χ1) is 9.88. The fraction of sp³-hybridized carbons (Fsp3) is 0. The Balaban J connectivity index is 2.29. The average Bonchev–Trinajstić information content (AvgIpc) is 2.43. The Labute approximate surface area is 129 Å². The van der Waals surface area contributed by atoms with Crippen LogP contribution in [0.25, 0.3) is 0 Å². The average molecular weight is 326 g/mol. The van der Waals surface area contributed by atoms with E-state index in [1.807, 2.05) is 0 Å². The first-order valence-electron chi connectivity index (χ1n) is 5.71. The number of rotatable bonds is 3. The number of phenolic OH excluding ortho intramolecular Hbond substituents is 1. The minimum absolute atomic E-state index is 0.0656. The third-order valence-electron chi connectivity index (χ3n) is 2.65. The highest BCUT2D eigenvalue weighted by molar-refractivity contribution is 6.35. The van der Waals surface area contributed by atoms with Crippen molar-refractivity contribution in [2.24, 2.45) is 0 Å². The Morgan fingerprint density at radius 3 is 2.24 bits per heavy atom. The van der Waals surface area contributed by atoms with Crippen LogP contribution in [0.5, 0.6) is 5.75 Å². The second kappa shape index (κ2) is 6.03. The molecule has 5 nitrogen and oxygen atoms in total. The van der Waals surface area contributed by atoms with Gasteiger partial charge < -0.3 is 15.5 Å². The lowest BCUT2D eigenvalue weighted by Crippen LogP contribution is -2.13. The van der Waals surface area contributed by atoms with Gasteiger partial charge >= 0.3 is 5.97 Å². The van der Waals surface area contributed by atoms with Gasteiger partial charge in [0.05, 0.1) is 21.2 Å². The number of carboxylic acid groups (broad SMARTS) is 1. The molecule has 0 radical (unpaired) electrons. The van der Waals surface area contributed by atoms with E-state index in [1.165, 1.54) is 36.4 Å². The Morgan fingerprint density at radius 1 is 0.952 bits per heavy atom. The van der Waals surface area contributed by atoms with Crippen molar-refractivity contribution >= 4 is 40.8 Å². The highest BCUT2D eigenvalue weighted by Crippen LogP contribution is 2.24. The van der Waals surface area contributed by atoms with Crippen molar-refractivity contribution in [3.63, 3.8) is 0 Å². The third kappa shape index (κ3) is 3.45. The summed E-state index contributed by atoms with van der Waals surface area (Å²) >= 11 is 11.6. The van der Waals surface area contributed by atoms with Crippen LogP contribution in [0.15, 0.2) is 36.4 Å². The highest BCUT2D eigenvalue weighted by atomic mass is 35.5. The molecule has 108 valence electrons. The molecule has 2 aromatic carbocycles. The van der Waals surface area contributed by atoms with Crippen molar-refractivity contribution in [2.75, 3.05) is 5.32 Å². The van der Waals surface area contributed by atoms with E-state index in [9.17, 15) is 14.7 Å². The number of hydrogen-bond donors (Lipinski definition) is 3. The molecule has 0 heterocycles. The van der Waals surface area contributed by atoms with Gasteiger partial charge in [-0.25, -0.2) is 4.79 Å². The molecule has 0 aliphatic heterocycles. The predicted molar refractivity (Wildman–Crippen MR) is 79.5 cm³/mol. The van der Waals surface area contributed by atoms with Crippen molar-refractivity contribution in [3.05, 3.63) is 57.6 Å². The van der Waals surface area contributed by atoms with Gasteiger partial charge in [0.25, 0.3) is 5.91 Å². The molecule has 2 aromatic rings.